The van der Waals surface area contributed by atoms with E-state index in [4.69, 9.17) is 9.47 Å². The van der Waals surface area contributed by atoms with Crippen molar-refractivity contribution in [3.05, 3.63) is 82.7 Å². The third kappa shape index (κ3) is 4.64. The molecule has 1 amide bonds. The molecule has 1 N–H and O–H groups in total. The molecule has 0 saturated heterocycles. The number of benzene rings is 3. The fourth-order valence-corrected chi connectivity index (χ4v) is 4.19. The second-order valence-corrected chi connectivity index (χ2v) is 8.25. The zero-order chi connectivity index (χ0) is 24.4. The number of nitro benzene ring substituents is 1. The number of hydrogen-bond acceptors (Lipinski definition) is 8. The van der Waals surface area contributed by atoms with Crippen molar-refractivity contribution in [2.24, 2.45) is 0 Å². The zero-order valence-corrected chi connectivity index (χ0v) is 18.7. The first kappa shape index (κ1) is 22.3. The molecule has 0 bridgehead atoms. The number of halogens is 1. The highest BCUT2D eigenvalue weighted by Gasteiger charge is 2.21. The Morgan fingerprint density at radius 1 is 1.09 bits per heavy atom. The normalized spacial score (nSPS) is 11.9. The van der Waals surface area contributed by atoms with Crippen LogP contribution in [0.5, 0.6) is 11.5 Å². The molecule has 176 valence electrons. The van der Waals surface area contributed by atoms with E-state index in [1.807, 2.05) is 36.4 Å². The van der Waals surface area contributed by atoms with Crippen LogP contribution in [0.4, 0.5) is 15.8 Å². The first-order valence-corrected chi connectivity index (χ1v) is 11.3. The third-order valence-corrected chi connectivity index (χ3v) is 5.97. The number of aromatic nitrogens is 3. The summed E-state index contributed by atoms with van der Waals surface area (Å²) in [5, 5.41) is 22.3. The number of amides is 1. The number of para-hydroxylation sites is 1. The maximum Gasteiger partial charge on any atom is 0.271 e. The fraction of sp³-hybridized carbons (Fsp3) is 0.0870. The Labute approximate surface area is 201 Å². The lowest BCUT2D eigenvalue weighted by Gasteiger charge is -2.11. The summed E-state index contributed by atoms with van der Waals surface area (Å²) in [5.41, 5.74) is 0.917. The maximum absolute atomic E-state index is 14.0. The summed E-state index contributed by atoms with van der Waals surface area (Å²) in [6.07, 6.45) is 0. The van der Waals surface area contributed by atoms with Crippen LogP contribution in [0.2, 0.25) is 0 Å². The Morgan fingerprint density at radius 2 is 1.89 bits per heavy atom. The molecule has 4 aromatic rings. The summed E-state index contributed by atoms with van der Waals surface area (Å²) in [5.74, 6) is 0.306. The predicted octanol–water partition coefficient (Wildman–Crippen LogP) is 4.44. The molecule has 10 nitrogen and oxygen atoms in total. The van der Waals surface area contributed by atoms with Gasteiger partial charge in [-0.25, -0.2) is 4.39 Å². The molecule has 0 fully saturated rings. The smallest absolute Gasteiger partial charge is 0.271 e. The number of nitro groups is 1. The Hall–Kier alpha value is -4.45. The highest BCUT2D eigenvalue weighted by atomic mass is 32.2. The number of nitrogens with zero attached hydrogens (tertiary/aromatic N) is 4. The van der Waals surface area contributed by atoms with Crippen LogP contribution in [-0.4, -0.2) is 38.1 Å². The molecule has 0 atom stereocenters. The summed E-state index contributed by atoms with van der Waals surface area (Å²) >= 11 is 1.09. The first-order chi connectivity index (χ1) is 17.0. The van der Waals surface area contributed by atoms with Crippen molar-refractivity contribution in [2.45, 2.75) is 5.16 Å². The number of hydrogen-bond donors (Lipinski definition) is 1. The van der Waals surface area contributed by atoms with E-state index in [1.54, 1.807) is 16.7 Å². The number of carbonyl (C=O) groups excluding carboxylic acids is 1. The van der Waals surface area contributed by atoms with Gasteiger partial charge in [-0.3, -0.25) is 19.5 Å². The van der Waals surface area contributed by atoms with Gasteiger partial charge >= 0.3 is 0 Å². The van der Waals surface area contributed by atoms with Crippen LogP contribution < -0.4 is 14.8 Å². The van der Waals surface area contributed by atoms with Gasteiger partial charge in [0.2, 0.25) is 12.7 Å². The van der Waals surface area contributed by atoms with Crippen LogP contribution in [0.15, 0.2) is 71.9 Å². The number of ether oxygens (including phenoxy) is 2. The van der Waals surface area contributed by atoms with E-state index in [-0.39, 0.29) is 23.9 Å². The number of thioether (sulfide) groups is 1. The molecule has 3 aromatic carbocycles. The monoisotopic (exact) mass is 493 g/mol. The van der Waals surface area contributed by atoms with Gasteiger partial charge in [0.1, 0.15) is 5.82 Å². The molecule has 5 rings (SSSR count). The standard InChI is InChI=1S/C23H16FN5O5S/c24-17-8-7-16(29(31)32)11-18(17)25-21(30)12-35-23-27-26-22(28(23)15-4-2-1-3-5-15)14-6-9-19-20(10-14)34-13-33-19/h1-11H,12-13H2,(H,25,30). The molecule has 0 spiro atoms. The second kappa shape index (κ2) is 9.43. The quantitative estimate of drug-likeness (QED) is 0.228. The van der Waals surface area contributed by atoms with E-state index in [2.05, 4.69) is 15.5 Å². The summed E-state index contributed by atoms with van der Waals surface area (Å²) in [7, 11) is 0. The number of rotatable bonds is 7. The summed E-state index contributed by atoms with van der Waals surface area (Å²) < 4.78 is 26.7. The van der Waals surface area contributed by atoms with Gasteiger partial charge in [0, 0.05) is 23.4 Å². The molecular weight excluding hydrogens is 477 g/mol. The van der Waals surface area contributed by atoms with Gasteiger partial charge in [-0.2, -0.15) is 0 Å². The number of nitrogens with one attached hydrogen (secondary N) is 1. The minimum atomic E-state index is -0.772. The molecule has 1 aliphatic rings. The fourth-order valence-electron chi connectivity index (χ4n) is 3.43. The van der Waals surface area contributed by atoms with Crippen molar-refractivity contribution in [2.75, 3.05) is 17.9 Å². The van der Waals surface area contributed by atoms with Crippen molar-refractivity contribution in [3.8, 4) is 28.6 Å². The Morgan fingerprint density at radius 3 is 2.69 bits per heavy atom. The van der Waals surface area contributed by atoms with Gasteiger partial charge in [0.15, 0.2) is 22.5 Å². The lowest BCUT2D eigenvalue weighted by Crippen LogP contribution is -2.15. The average Bonchev–Trinajstić information content (AvgIpc) is 3.51. The third-order valence-electron chi connectivity index (χ3n) is 5.05. The van der Waals surface area contributed by atoms with Crippen LogP contribution in [0.25, 0.3) is 17.1 Å². The molecule has 0 radical (unpaired) electrons. The number of fused-ring (bicyclic) bond motifs is 1. The Kier molecular flexibility index (Phi) is 6.02. The van der Waals surface area contributed by atoms with Gasteiger partial charge in [-0.1, -0.05) is 30.0 Å². The minimum Gasteiger partial charge on any atom is -0.454 e. The van der Waals surface area contributed by atoms with Crippen molar-refractivity contribution in [1.29, 1.82) is 0 Å². The highest BCUT2D eigenvalue weighted by molar-refractivity contribution is 7.99. The van der Waals surface area contributed by atoms with Crippen molar-refractivity contribution in [1.82, 2.24) is 14.8 Å². The molecule has 12 heteroatoms. The van der Waals surface area contributed by atoms with E-state index >= 15 is 0 Å². The molecule has 2 heterocycles. The van der Waals surface area contributed by atoms with Crippen LogP contribution in [0.3, 0.4) is 0 Å². The van der Waals surface area contributed by atoms with Crippen LogP contribution in [0.1, 0.15) is 0 Å². The first-order valence-electron chi connectivity index (χ1n) is 10.3. The van der Waals surface area contributed by atoms with Crippen LogP contribution >= 0.6 is 11.8 Å². The van der Waals surface area contributed by atoms with Crippen molar-refractivity contribution in [3.63, 3.8) is 0 Å². The van der Waals surface area contributed by atoms with Crippen LogP contribution in [0, 0.1) is 15.9 Å². The second-order valence-electron chi connectivity index (χ2n) is 7.30. The van der Waals surface area contributed by atoms with Crippen LogP contribution in [-0.2, 0) is 4.79 Å². The average molecular weight is 493 g/mol. The van der Waals surface area contributed by atoms with Crippen molar-refractivity contribution >= 4 is 29.0 Å². The largest absolute Gasteiger partial charge is 0.454 e. The zero-order valence-electron chi connectivity index (χ0n) is 17.9. The van der Waals surface area contributed by atoms with Gasteiger partial charge in [0.25, 0.3) is 5.69 Å². The van der Waals surface area contributed by atoms with Crippen molar-refractivity contribution < 1.29 is 23.6 Å². The lowest BCUT2D eigenvalue weighted by molar-refractivity contribution is -0.384. The molecule has 0 unspecified atom stereocenters. The molecular formula is C23H16FN5O5S. The number of non-ortho nitro benzene ring substituents is 1. The molecule has 1 aliphatic heterocycles. The van der Waals surface area contributed by atoms with E-state index in [0.29, 0.717) is 22.5 Å². The molecule has 1 aromatic heterocycles. The van der Waals surface area contributed by atoms with Gasteiger partial charge in [-0.15, -0.1) is 10.2 Å². The molecule has 0 saturated carbocycles. The SMILES string of the molecule is O=C(CSc1nnc(-c2ccc3c(c2)OCO3)n1-c1ccccc1)Nc1cc([N+](=O)[O-])ccc1F. The molecule has 0 aliphatic carbocycles. The van der Waals surface area contributed by atoms with Gasteiger partial charge in [-0.05, 0) is 36.4 Å². The minimum absolute atomic E-state index is 0.131. The molecule has 35 heavy (non-hydrogen) atoms. The van der Waals surface area contributed by atoms with Gasteiger partial charge in [0.05, 0.1) is 16.4 Å². The lowest BCUT2D eigenvalue weighted by atomic mass is 10.2. The van der Waals surface area contributed by atoms with E-state index < -0.39 is 16.6 Å². The Bertz CT molecular complexity index is 1430. The number of carbonyl (C=O) groups is 1. The Balaban J connectivity index is 1.40. The maximum atomic E-state index is 14.0. The predicted molar refractivity (Wildman–Crippen MR) is 125 cm³/mol. The number of anilines is 1. The summed E-state index contributed by atoms with van der Waals surface area (Å²) in [6, 6.07) is 17.7. The highest BCUT2D eigenvalue weighted by Crippen LogP contribution is 2.37. The van der Waals surface area contributed by atoms with Gasteiger partial charge < -0.3 is 14.8 Å². The summed E-state index contributed by atoms with van der Waals surface area (Å²) in [6.45, 7) is 0.144. The topological polar surface area (TPSA) is 121 Å². The summed E-state index contributed by atoms with van der Waals surface area (Å²) in [4.78, 5) is 22.8. The van der Waals surface area contributed by atoms with E-state index in [0.717, 1.165) is 41.2 Å². The van der Waals surface area contributed by atoms with E-state index in [1.165, 1.54) is 0 Å². The van der Waals surface area contributed by atoms with E-state index in [9.17, 15) is 19.3 Å².